The van der Waals surface area contributed by atoms with Gasteiger partial charge in [-0.3, -0.25) is 9.67 Å². The van der Waals surface area contributed by atoms with Gasteiger partial charge in [-0.1, -0.05) is 30.3 Å². The van der Waals surface area contributed by atoms with Crippen molar-refractivity contribution < 1.29 is 0 Å². The fraction of sp³-hybridized carbons (Fsp3) is 0.500. The van der Waals surface area contributed by atoms with Gasteiger partial charge in [-0.05, 0) is 30.4 Å². The second-order valence-electron chi connectivity index (χ2n) is 7.43. The molecule has 0 bridgehead atoms. The second-order valence-corrected chi connectivity index (χ2v) is 7.43. The molecule has 26 heavy (non-hydrogen) atoms. The van der Waals surface area contributed by atoms with E-state index >= 15 is 0 Å². The number of aromatic nitrogens is 2. The Labute approximate surface area is 172 Å². The molecule has 5 nitrogen and oxygen atoms in total. The molecule has 0 radical (unpaired) electrons. The molecular weight excluding hydrogens is 437 g/mol. The van der Waals surface area contributed by atoms with Gasteiger partial charge in [0.1, 0.15) is 0 Å². The molecule has 1 N–H and O–H groups in total. The van der Waals surface area contributed by atoms with Crippen LogP contribution in [-0.2, 0) is 12.5 Å². The molecule has 2 aromatic rings. The van der Waals surface area contributed by atoms with Crippen LogP contribution in [0.1, 0.15) is 36.3 Å². The molecule has 140 valence electrons. The van der Waals surface area contributed by atoms with Crippen molar-refractivity contribution >= 4 is 29.9 Å². The predicted octanol–water partition coefficient (Wildman–Crippen LogP) is 3.13. The molecule has 1 saturated heterocycles. The van der Waals surface area contributed by atoms with E-state index in [1.165, 1.54) is 24.0 Å². The molecule has 2 fully saturated rings. The number of likely N-dealkylation sites (tertiary alicyclic amines) is 1. The maximum atomic E-state index is 4.54. The zero-order valence-corrected chi connectivity index (χ0v) is 17.9. The lowest BCUT2D eigenvalue weighted by Crippen LogP contribution is -2.43. The van der Waals surface area contributed by atoms with Crippen molar-refractivity contribution in [2.45, 2.75) is 30.6 Å². The Hall–Kier alpha value is -1.57. The summed E-state index contributed by atoms with van der Waals surface area (Å²) < 4.78 is 1.89. The SMILES string of the molecule is CN=C(NCC1(c2ccccc2)CC1)N1CCC(c2cnn(C)c2)C1.I. The second kappa shape index (κ2) is 7.98. The third-order valence-electron chi connectivity index (χ3n) is 5.72. The van der Waals surface area contributed by atoms with Gasteiger partial charge in [-0.2, -0.15) is 5.10 Å². The molecule has 1 aliphatic carbocycles. The van der Waals surface area contributed by atoms with Crippen LogP contribution in [0, 0.1) is 0 Å². The normalized spacial score (nSPS) is 21.4. The first-order valence-corrected chi connectivity index (χ1v) is 9.20. The van der Waals surface area contributed by atoms with E-state index in [4.69, 9.17) is 0 Å². The van der Waals surface area contributed by atoms with Gasteiger partial charge >= 0.3 is 0 Å². The minimum atomic E-state index is 0. The van der Waals surface area contributed by atoms with Crippen LogP contribution in [0.4, 0.5) is 0 Å². The number of hydrogen-bond donors (Lipinski definition) is 1. The van der Waals surface area contributed by atoms with Gasteiger partial charge < -0.3 is 10.2 Å². The number of aliphatic imine (C=N–C) groups is 1. The van der Waals surface area contributed by atoms with Crippen molar-refractivity contribution in [3.63, 3.8) is 0 Å². The lowest BCUT2D eigenvalue weighted by atomic mass is 9.96. The van der Waals surface area contributed by atoms with Gasteiger partial charge in [-0.25, -0.2) is 0 Å². The Bertz CT molecular complexity index is 751. The number of hydrogen-bond acceptors (Lipinski definition) is 2. The lowest BCUT2D eigenvalue weighted by Gasteiger charge is -2.24. The molecule has 6 heteroatoms. The Morgan fingerprint density at radius 1 is 1.31 bits per heavy atom. The molecule has 1 unspecified atom stereocenters. The first kappa shape index (κ1) is 19.2. The molecule has 1 aromatic carbocycles. The van der Waals surface area contributed by atoms with E-state index in [0.717, 1.165) is 32.0 Å². The van der Waals surface area contributed by atoms with E-state index in [2.05, 4.69) is 56.8 Å². The van der Waals surface area contributed by atoms with Crippen LogP contribution in [0.25, 0.3) is 0 Å². The number of aryl methyl sites for hydroxylation is 1. The van der Waals surface area contributed by atoms with Crippen LogP contribution in [-0.4, -0.2) is 47.3 Å². The number of guanidine groups is 1. The van der Waals surface area contributed by atoms with E-state index in [9.17, 15) is 0 Å². The minimum Gasteiger partial charge on any atom is -0.355 e. The van der Waals surface area contributed by atoms with Gasteiger partial charge in [0.25, 0.3) is 0 Å². The summed E-state index contributed by atoms with van der Waals surface area (Å²) in [5.41, 5.74) is 3.09. The van der Waals surface area contributed by atoms with Crippen LogP contribution in [0.15, 0.2) is 47.7 Å². The summed E-state index contributed by atoms with van der Waals surface area (Å²) in [5.74, 6) is 1.59. The van der Waals surface area contributed by atoms with Crippen molar-refractivity contribution in [2.24, 2.45) is 12.0 Å². The molecule has 4 rings (SSSR count). The highest BCUT2D eigenvalue weighted by atomic mass is 127. The molecule has 0 amide bonds. The number of rotatable bonds is 4. The van der Waals surface area contributed by atoms with E-state index < -0.39 is 0 Å². The molecule has 2 aliphatic rings. The van der Waals surface area contributed by atoms with Crippen molar-refractivity contribution in [1.82, 2.24) is 20.0 Å². The summed E-state index contributed by atoms with van der Waals surface area (Å²) >= 11 is 0. The summed E-state index contributed by atoms with van der Waals surface area (Å²) in [6, 6.07) is 10.9. The molecular formula is C20H28IN5. The summed E-state index contributed by atoms with van der Waals surface area (Å²) in [7, 11) is 3.87. The van der Waals surface area contributed by atoms with Gasteiger partial charge in [0, 0.05) is 51.3 Å². The third-order valence-corrected chi connectivity index (χ3v) is 5.72. The third kappa shape index (κ3) is 3.89. The Morgan fingerprint density at radius 2 is 2.08 bits per heavy atom. The lowest BCUT2D eigenvalue weighted by molar-refractivity contribution is 0.478. The van der Waals surface area contributed by atoms with Crippen LogP contribution >= 0.6 is 24.0 Å². The highest BCUT2D eigenvalue weighted by molar-refractivity contribution is 14.0. The average molecular weight is 465 g/mol. The number of halogens is 1. The maximum absolute atomic E-state index is 4.54. The standard InChI is InChI=1S/C20H27N5.HI/c1-21-19(22-15-20(9-10-20)18-6-4-3-5-7-18)25-11-8-16(14-25)17-12-23-24(2)13-17;/h3-7,12-13,16H,8-11,14-15H2,1-2H3,(H,21,22);1H. The van der Waals surface area contributed by atoms with Gasteiger partial charge in [0.15, 0.2) is 5.96 Å². The van der Waals surface area contributed by atoms with Crippen molar-refractivity contribution in [3.8, 4) is 0 Å². The van der Waals surface area contributed by atoms with Gasteiger partial charge in [0.05, 0.1) is 6.20 Å². The van der Waals surface area contributed by atoms with E-state index in [1.54, 1.807) is 0 Å². The summed E-state index contributed by atoms with van der Waals surface area (Å²) in [6.45, 7) is 3.04. The van der Waals surface area contributed by atoms with E-state index in [-0.39, 0.29) is 24.0 Å². The van der Waals surface area contributed by atoms with E-state index in [0.29, 0.717) is 11.3 Å². The average Bonchev–Trinajstić information content (AvgIpc) is 3.05. The highest BCUT2D eigenvalue weighted by Gasteiger charge is 2.44. The number of nitrogens with zero attached hydrogens (tertiary/aromatic N) is 4. The van der Waals surface area contributed by atoms with Crippen LogP contribution < -0.4 is 5.32 Å². The summed E-state index contributed by atoms with van der Waals surface area (Å²) in [5, 5.41) is 7.96. The first-order chi connectivity index (χ1) is 12.2. The molecule has 1 saturated carbocycles. The van der Waals surface area contributed by atoms with Crippen LogP contribution in [0.5, 0.6) is 0 Å². The highest BCUT2D eigenvalue weighted by Crippen LogP contribution is 2.47. The zero-order valence-electron chi connectivity index (χ0n) is 15.6. The van der Waals surface area contributed by atoms with E-state index in [1.807, 2.05) is 25.0 Å². The zero-order chi connectivity index (χ0) is 17.3. The Morgan fingerprint density at radius 3 is 2.69 bits per heavy atom. The van der Waals surface area contributed by atoms with Crippen LogP contribution in [0.2, 0.25) is 0 Å². The maximum Gasteiger partial charge on any atom is 0.193 e. The smallest absolute Gasteiger partial charge is 0.193 e. The summed E-state index contributed by atoms with van der Waals surface area (Å²) in [4.78, 5) is 6.93. The number of benzene rings is 1. The Balaban J connectivity index is 0.00000196. The van der Waals surface area contributed by atoms with Crippen molar-refractivity contribution in [2.75, 3.05) is 26.7 Å². The monoisotopic (exact) mass is 465 g/mol. The minimum absolute atomic E-state index is 0. The molecule has 1 atom stereocenters. The van der Waals surface area contributed by atoms with Crippen molar-refractivity contribution in [1.29, 1.82) is 0 Å². The topological polar surface area (TPSA) is 45.5 Å². The first-order valence-electron chi connectivity index (χ1n) is 9.20. The van der Waals surface area contributed by atoms with Crippen molar-refractivity contribution in [3.05, 3.63) is 53.9 Å². The fourth-order valence-corrected chi connectivity index (χ4v) is 3.97. The summed E-state index contributed by atoms with van der Waals surface area (Å²) in [6.07, 6.45) is 7.83. The molecule has 1 aromatic heterocycles. The van der Waals surface area contributed by atoms with Gasteiger partial charge in [-0.15, -0.1) is 24.0 Å². The fourth-order valence-electron chi connectivity index (χ4n) is 3.97. The Kier molecular flexibility index (Phi) is 5.89. The predicted molar refractivity (Wildman–Crippen MR) is 116 cm³/mol. The largest absolute Gasteiger partial charge is 0.355 e. The quantitative estimate of drug-likeness (QED) is 0.429. The van der Waals surface area contributed by atoms with Crippen LogP contribution in [0.3, 0.4) is 0 Å². The molecule has 2 heterocycles. The van der Waals surface area contributed by atoms with Gasteiger partial charge in [0.2, 0.25) is 0 Å². The molecule has 1 aliphatic heterocycles. The molecule has 0 spiro atoms. The number of nitrogens with one attached hydrogen (secondary N) is 1.